The Hall–Kier alpha value is -1.25. The predicted octanol–water partition coefficient (Wildman–Crippen LogP) is -1.05. The Bertz CT molecular complexity index is 300. The van der Waals surface area contributed by atoms with Crippen LogP contribution < -0.4 is 16.4 Å². The van der Waals surface area contributed by atoms with Crippen molar-refractivity contribution in [2.24, 2.45) is 5.73 Å². The zero-order chi connectivity index (χ0) is 14.5. The lowest BCUT2D eigenvalue weighted by Gasteiger charge is -2.06. The maximum absolute atomic E-state index is 11.3. The molecule has 0 unspecified atom stereocenters. The van der Waals surface area contributed by atoms with Crippen molar-refractivity contribution in [1.29, 1.82) is 0 Å². The van der Waals surface area contributed by atoms with E-state index < -0.39 is 11.8 Å². The third kappa shape index (κ3) is 11.6. The molecule has 0 radical (unpaired) electrons. The lowest BCUT2D eigenvalue weighted by molar-refractivity contribution is -0.139. The Balaban J connectivity index is 3.42. The molecule has 0 aromatic heterocycles. The Labute approximate surface area is 118 Å². The van der Waals surface area contributed by atoms with Crippen LogP contribution in [0.15, 0.2) is 0 Å². The number of rotatable bonds is 10. The van der Waals surface area contributed by atoms with Crippen molar-refractivity contribution in [3.63, 3.8) is 0 Å². The molecule has 7 nitrogen and oxygen atoms in total. The number of hydrogen-bond donors (Lipinski definition) is 3. The van der Waals surface area contributed by atoms with Crippen molar-refractivity contribution >= 4 is 29.0 Å². The molecule has 8 heteroatoms. The van der Waals surface area contributed by atoms with Crippen LogP contribution in [0, 0.1) is 0 Å². The van der Waals surface area contributed by atoms with Gasteiger partial charge >= 0.3 is 11.8 Å². The number of hydrogen-bond acceptors (Lipinski definition) is 5. The van der Waals surface area contributed by atoms with Gasteiger partial charge in [0.1, 0.15) is 0 Å². The van der Waals surface area contributed by atoms with Crippen molar-refractivity contribution in [2.45, 2.75) is 12.8 Å². The Morgan fingerprint density at radius 2 is 1.79 bits per heavy atom. The highest BCUT2D eigenvalue weighted by atomic mass is 32.1. The summed E-state index contributed by atoms with van der Waals surface area (Å²) < 4.78 is 10.1. The van der Waals surface area contributed by atoms with Crippen LogP contribution in [0.2, 0.25) is 0 Å². The van der Waals surface area contributed by atoms with Gasteiger partial charge in [0.15, 0.2) is 0 Å². The van der Waals surface area contributed by atoms with Gasteiger partial charge in [-0.15, -0.1) is 0 Å². The van der Waals surface area contributed by atoms with Crippen LogP contribution >= 0.6 is 12.2 Å². The van der Waals surface area contributed by atoms with Gasteiger partial charge in [0.2, 0.25) is 0 Å². The fourth-order valence-electron chi connectivity index (χ4n) is 1.10. The summed E-state index contributed by atoms with van der Waals surface area (Å²) >= 11 is 4.57. The van der Waals surface area contributed by atoms with Crippen LogP contribution in [0.25, 0.3) is 0 Å². The standard InChI is InChI=1S/C11H21N3O4S/c1-17-6-7-18-5-3-2-4-13-10(15)11(16)14-8-9(12)19/h2-8H2,1H3,(H2,12,19)(H,13,15)(H,14,16). The quantitative estimate of drug-likeness (QED) is 0.270. The highest BCUT2D eigenvalue weighted by Crippen LogP contribution is 1.88. The first-order valence-electron chi connectivity index (χ1n) is 5.99. The number of carbonyl (C=O) groups excluding carboxylic acids is 2. The normalized spacial score (nSPS) is 9.95. The van der Waals surface area contributed by atoms with Crippen molar-refractivity contribution in [1.82, 2.24) is 10.6 Å². The lowest BCUT2D eigenvalue weighted by Crippen LogP contribution is -2.43. The molecule has 0 heterocycles. The molecule has 0 aromatic carbocycles. The average Bonchev–Trinajstić information content (AvgIpc) is 2.38. The largest absolute Gasteiger partial charge is 0.392 e. The molecule has 0 bridgehead atoms. The van der Waals surface area contributed by atoms with Gasteiger partial charge in [-0.05, 0) is 12.8 Å². The Morgan fingerprint density at radius 1 is 1.11 bits per heavy atom. The van der Waals surface area contributed by atoms with Gasteiger partial charge in [-0.1, -0.05) is 12.2 Å². The molecule has 0 spiro atoms. The van der Waals surface area contributed by atoms with Gasteiger partial charge in [0.05, 0.1) is 24.7 Å². The van der Waals surface area contributed by atoms with Crippen molar-refractivity contribution in [3.8, 4) is 0 Å². The number of thiocarbonyl (C=S) groups is 1. The molecule has 2 amide bonds. The minimum atomic E-state index is -0.732. The Morgan fingerprint density at radius 3 is 2.42 bits per heavy atom. The monoisotopic (exact) mass is 291 g/mol. The van der Waals surface area contributed by atoms with Crippen LogP contribution in [0.3, 0.4) is 0 Å². The number of methoxy groups -OCH3 is 1. The molecule has 0 aliphatic heterocycles. The molecular weight excluding hydrogens is 270 g/mol. The Kier molecular flexibility index (Phi) is 11.0. The molecule has 110 valence electrons. The number of unbranched alkanes of at least 4 members (excludes halogenated alkanes) is 1. The third-order valence-electron chi connectivity index (χ3n) is 2.06. The first-order chi connectivity index (χ1) is 9.07. The van der Waals surface area contributed by atoms with Crippen LogP contribution in [-0.2, 0) is 19.1 Å². The molecule has 19 heavy (non-hydrogen) atoms. The van der Waals surface area contributed by atoms with E-state index in [9.17, 15) is 9.59 Å². The fraction of sp³-hybridized carbons (Fsp3) is 0.727. The highest BCUT2D eigenvalue weighted by molar-refractivity contribution is 7.80. The van der Waals surface area contributed by atoms with Crippen LogP contribution in [-0.4, -0.2) is 56.8 Å². The summed E-state index contributed by atoms with van der Waals surface area (Å²) in [7, 11) is 1.61. The van der Waals surface area contributed by atoms with E-state index in [-0.39, 0.29) is 11.5 Å². The van der Waals surface area contributed by atoms with E-state index in [1.165, 1.54) is 0 Å². The van der Waals surface area contributed by atoms with Gasteiger partial charge < -0.3 is 25.8 Å². The molecule has 0 aliphatic rings. The van der Waals surface area contributed by atoms with E-state index >= 15 is 0 Å². The lowest BCUT2D eigenvalue weighted by atomic mass is 10.3. The molecule has 0 atom stereocenters. The predicted molar refractivity (Wildman–Crippen MR) is 74.7 cm³/mol. The molecule has 0 saturated carbocycles. The van der Waals surface area contributed by atoms with Crippen molar-refractivity contribution < 1.29 is 19.1 Å². The average molecular weight is 291 g/mol. The first-order valence-corrected chi connectivity index (χ1v) is 6.39. The van der Waals surface area contributed by atoms with E-state index in [2.05, 4.69) is 22.9 Å². The van der Waals surface area contributed by atoms with Crippen LogP contribution in [0.1, 0.15) is 12.8 Å². The van der Waals surface area contributed by atoms with E-state index in [4.69, 9.17) is 15.2 Å². The first kappa shape index (κ1) is 17.8. The minimum Gasteiger partial charge on any atom is -0.392 e. The molecule has 0 rings (SSSR count). The van der Waals surface area contributed by atoms with Gasteiger partial charge in [0, 0.05) is 20.3 Å². The summed E-state index contributed by atoms with van der Waals surface area (Å²) in [4.78, 5) is 22.6. The highest BCUT2D eigenvalue weighted by Gasteiger charge is 2.11. The van der Waals surface area contributed by atoms with Gasteiger partial charge in [0.25, 0.3) is 0 Å². The molecule has 0 aliphatic carbocycles. The second-order valence-electron chi connectivity index (χ2n) is 3.72. The zero-order valence-electron chi connectivity index (χ0n) is 11.1. The molecular formula is C11H21N3O4S. The number of carbonyl (C=O) groups is 2. The topological polar surface area (TPSA) is 103 Å². The summed E-state index contributed by atoms with van der Waals surface area (Å²) in [6, 6.07) is 0. The number of ether oxygens (including phenoxy) is 2. The van der Waals surface area contributed by atoms with Crippen LogP contribution in [0.5, 0.6) is 0 Å². The molecule has 0 fully saturated rings. The molecule has 4 N–H and O–H groups in total. The van der Waals surface area contributed by atoms with E-state index in [0.717, 1.165) is 12.8 Å². The van der Waals surface area contributed by atoms with Crippen LogP contribution in [0.4, 0.5) is 0 Å². The van der Waals surface area contributed by atoms with E-state index in [0.29, 0.717) is 26.4 Å². The molecule has 0 aromatic rings. The summed E-state index contributed by atoms with van der Waals surface area (Å²) in [5, 5.41) is 4.79. The zero-order valence-corrected chi connectivity index (χ0v) is 11.9. The summed E-state index contributed by atoms with van der Waals surface area (Å²) in [5.74, 6) is -1.42. The minimum absolute atomic E-state index is 0.0227. The van der Waals surface area contributed by atoms with E-state index in [1.54, 1.807) is 7.11 Å². The second-order valence-corrected chi connectivity index (χ2v) is 4.24. The number of amides is 2. The van der Waals surface area contributed by atoms with Gasteiger partial charge in [-0.2, -0.15) is 0 Å². The summed E-state index contributed by atoms with van der Waals surface area (Å²) in [6.07, 6.45) is 1.54. The maximum atomic E-state index is 11.3. The number of nitrogens with one attached hydrogen (secondary N) is 2. The van der Waals surface area contributed by atoms with Crippen molar-refractivity contribution in [3.05, 3.63) is 0 Å². The fourth-order valence-corrected chi connectivity index (χ4v) is 1.18. The van der Waals surface area contributed by atoms with E-state index in [1.807, 2.05) is 0 Å². The number of nitrogens with two attached hydrogens (primary N) is 1. The smallest absolute Gasteiger partial charge is 0.309 e. The summed E-state index contributed by atoms with van der Waals surface area (Å²) in [6.45, 7) is 2.18. The molecule has 0 saturated heterocycles. The third-order valence-corrected chi connectivity index (χ3v) is 2.21. The van der Waals surface area contributed by atoms with Crippen molar-refractivity contribution in [2.75, 3.05) is 40.0 Å². The van der Waals surface area contributed by atoms with Gasteiger partial charge in [-0.25, -0.2) is 0 Å². The summed E-state index contributed by atoms with van der Waals surface area (Å²) in [5.41, 5.74) is 5.19. The second kappa shape index (κ2) is 11.8. The maximum Gasteiger partial charge on any atom is 0.309 e. The van der Waals surface area contributed by atoms with Gasteiger partial charge in [-0.3, -0.25) is 9.59 Å². The SMILES string of the molecule is COCCOCCCCNC(=O)C(=O)NCC(N)=S.